The molecule has 0 fully saturated rings. The van der Waals surface area contributed by atoms with Crippen LogP contribution in [0, 0.1) is 0 Å². The molecule has 0 radical (unpaired) electrons. The number of alkyl halides is 1. The van der Waals surface area contributed by atoms with Crippen LogP contribution in [0.15, 0.2) is 0 Å². The second-order valence-corrected chi connectivity index (χ2v) is 6.51. The molecule has 1 aromatic rings. The van der Waals surface area contributed by atoms with Crippen LogP contribution >= 0.6 is 27.3 Å². The lowest BCUT2D eigenvalue weighted by atomic mass is 9.94. The number of amides is 1. The molecule has 7 heteroatoms. The normalized spacial score (nSPS) is 17.6. The van der Waals surface area contributed by atoms with E-state index in [9.17, 15) is 14.4 Å². The number of fused-ring (bicyclic) bond motifs is 1. The molecule has 1 aromatic heterocycles. The summed E-state index contributed by atoms with van der Waals surface area (Å²) >= 11 is 4.47. The zero-order valence-corrected chi connectivity index (χ0v) is 13.5. The van der Waals surface area contributed by atoms with Gasteiger partial charge in [-0.05, 0) is 25.3 Å². The Hall–Kier alpha value is -1.21. The highest BCUT2D eigenvalue weighted by molar-refractivity contribution is 9.10. The third-order valence-electron chi connectivity index (χ3n) is 2.93. The molecule has 5 nitrogen and oxygen atoms in total. The SMILES string of the molecule is CCOC(=O)c1c(NC(C)=O)sc2c1CC[C@H](Br)C2=O. The summed E-state index contributed by atoms with van der Waals surface area (Å²) in [6.45, 7) is 3.33. The molecule has 0 bridgehead atoms. The van der Waals surface area contributed by atoms with E-state index in [4.69, 9.17) is 4.74 Å². The van der Waals surface area contributed by atoms with Crippen molar-refractivity contribution in [2.24, 2.45) is 0 Å². The molecule has 0 saturated carbocycles. The minimum Gasteiger partial charge on any atom is -0.462 e. The van der Waals surface area contributed by atoms with E-state index >= 15 is 0 Å². The Morgan fingerprint density at radius 3 is 2.80 bits per heavy atom. The van der Waals surface area contributed by atoms with Gasteiger partial charge in [0.25, 0.3) is 0 Å². The summed E-state index contributed by atoms with van der Waals surface area (Å²) in [6.07, 6.45) is 1.25. The van der Waals surface area contributed by atoms with Crippen molar-refractivity contribution in [3.05, 3.63) is 16.0 Å². The van der Waals surface area contributed by atoms with Gasteiger partial charge in [-0.15, -0.1) is 11.3 Å². The molecule has 1 heterocycles. The predicted octanol–water partition coefficient (Wildman–Crippen LogP) is 2.78. The van der Waals surface area contributed by atoms with Crippen molar-refractivity contribution in [3.63, 3.8) is 0 Å². The first-order valence-corrected chi connectivity index (χ1v) is 7.97. The van der Waals surface area contributed by atoms with Gasteiger partial charge in [0, 0.05) is 6.92 Å². The highest BCUT2D eigenvalue weighted by atomic mass is 79.9. The van der Waals surface area contributed by atoms with Gasteiger partial charge in [0.15, 0.2) is 5.78 Å². The number of nitrogens with one attached hydrogen (secondary N) is 1. The topological polar surface area (TPSA) is 72.5 Å². The number of Topliss-reactive ketones (excluding diaryl/α,β-unsaturated/α-hetero) is 1. The number of carbonyl (C=O) groups excluding carboxylic acids is 3. The summed E-state index contributed by atoms with van der Waals surface area (Å²) in [5.41, 5.74) is 1.02. The summed E-state index contributed by atoms with van der Waals surface area (Å²) in [4.78, 5) is 35.8. The van der Waals surface area contributed by atoms with Crippen LogP contribution in [0.25, 0.3) is 0 Å². The lowest BCUT2D eigenvalue weighted by Crippen LogP contribution is -2.22. The Morgan fingerprint density at radius 1 is 1.50 bits per heavy atom. The molecule has 0 unspecified atom stereocenters. The molecule has 1 atom stereocenters. The van der Waals surface area contributed by atoms with Crippen LogP contribution in [0.5, 0.6) is 0 Å². The highest BCUT2D eigenvalue weighted by Gasteiger charge is 2.34. The number of rotatable bonds is 3. The van der Waals surface area contributed by atoms with Crippen LogP contribution in [0.4, 0.5) is 5.00 Å². The largest absolute Gasteiger partial charge is 0.462 e. The molecule has 108 valence electrons. The van der Waals surface area contributed by atoms with E-state index in [2.05, 4.69) is 21.2 Å². The lowest BCUT2D eigenvalue weighted by molar-refractivity contribution is -0.114. The first-order chi connectivity index (χ1) is 9.45. The number of esters is 1. The van der Waals surface area contributed by atoms with Gasteiger partial charge in [-0.1, -0.05) is 15.9 Å². The molecule has 2 rings (SSSR count). The zero-order chi connectivity index (χ0) is 14.9. The Morgan fingerprint density at radius 2 is 2.20 bits per heavy atom. The Labute approximate surface area is 128 Å². The quantitative estimate of drug-likeness (QED) is 0.665. The van der Waals surface area contributed by atoms with Gasteiger partial charge in [-0.2, -0.15) is 0 Å². The van der Waals surface area contributed by atoms with E-state index in [0.29, 0.717) is 33.8 Å². The van der Waals surface area contributed by atoms with E-state index in [-0.39, 0.29) is 23.1 Å². The van der Waals surface area contributed by atoms with Crippen molar-refractivity contribution in [2.75, 3.05) is 11.9 Å². The number of carbonyl (C=O) groups is 3. The average Bonchev–Trinajstić information content (AvgIpc) is 2.72. The van der Waals surface area contributed by atoms with E-state index in [1.165, 1.54) is 6.92 Å². The van der Waals surface area contributed by atoms with Gasteiger partial charge in [0.2, 0.25) is 5.91 Å². The standard InChI is InChI=1S/C13H14BrNO4S/c1-3-19-13(18)9-7-4-5-8(14)10(17)11(7)20-12(9)15-6(2)16/h8H,3-5H2,1-2H3,(H,15,16)/t8-/m0/s1. The van der Waals surface area contributed by atoms with Crippen molar-refractivity contribution in [2.45, 2.75) is 31.5 Å². The Bertz CT molecular complexity index is 581. The summed E-state index contributed by atoms with van der Waals surface area (Å²) < 4.78 is 5.03. The molecule has 1 aliphatic carbocycles. The van der Waals surface area contributed by atoms with E-state index in [1.54, 1.807) is 6.92 Å². The molecular weight excluding hydrogens is 346 g/mol. The van der Waals surface area contributed by atoms with Gasteiger partial charge >= 0.3 is 5.97 Å². The zero-order valence-electron chi connectivity index (χ0n) is 11.1. The van der Waals surface area contributed by atoms with Gasteiger partial charge in [-0.25, -0.2) is 4.79 Å². The number of ether oxygens (including phenoxy) is 1. The fourth-order valence-electron chi connectivity index (χ4n) is 2.11. The number of hydrogen-bond donors (Lipinski definition) is 1. The summed E-state index contributed by atoms with van der Waals surface area (Å²) in [5.74, 6) is -0.815. The third-order valence-corrected chi connectivity index (χ3v) is 4.97. The number of hydrogen-bond acceptors (Lipinski definition) is 5. The number of anilines is 1. The fourth-order valence-corrected chi connectivity index (χ4v) is 4.00. The molecule has 0 saturated heterocycles. The van der Waals surface area contributed by atoms with Crippen LogP contribution in [-0.2, 0) is 16.0 Å². The van der Waals surface area contributed by atoms with Gasteiger partial charge in [0.1, 0.15) is 5.00 Å². The van der Waals surface area contributed by atoms with Gasteiger partial charge in [0.05, 0.1) is 21.9 Å². The monoisotopic (exact) mass is 359 g/mol. The maximum atomic E-state index is 12.1. The average molecular weight is 360 g/mol. The summed E-state index contributed by atoms with van der Waals surface area (Å²) in [5, 5.41) is 3.02. The smallest absolute Gasteiger partial charge is 0.341 e. The first kappa shape index (κ1) is 15.2. The summed E-state index contributed by atoms with van der Waals surface area (Å²) in [6, 6.07) is 0. The fraction of sp³-hybridized carbons (Fsp3) is 0.462. The first-order valence-electron chi connectivity index (χ1n) is 6.24. The molecule has 1 amide bonds. The number of halogens is 1. The molecule has 0 spiro atoms. The van der Waals surface area contributed by atoms with Gasteiger partial charge < -0.3 is 10.1 Å². The van der Waals surface area contributed by atoms with Crippen LogP contribution in [0.1, 0.15) is 45.9 Å². The second kappa shape index (κ2) is 6.05. The number of thiophene rings is 1. The van der Waals surface area contributed by atoms with Crippen LogP contribution in [0.3, 0.4) is 0 Å². The Kier molecular flexibility index (Phi) is 4.59. The van der Waals surface area contributed by atoms with Crippen molar-refractivity contribution >= 4 is 49.9 Å². The van der Waals surface area contributed by atoms with Crippen LogP contribution in [-0.4, -0.2) is 29.1 Å². The summed E-state index contributed by atoms with van der Waals surface area (Å²) in [7, 11) is 0. The molecule has 20 heavy (non-hydrogen) atoms. The van der Waals surface area contributed by atoms with Crippen molar-refractivity contribution in [3.8, 4) is 0 Å². The number of ketones is 1. The van der Waals surface area contributed by atoms with E-state index < -0.39 is 5.97 Å². The molecule has 1 aliphatic rings. The highest BCUT2D eigenvalue weighted by Crippen LogP contribution is 2.40. The molecule has 0 aliphatic heterocycles. The van der Waals surface area contributed by atoms with Crippen molar-refractivity contribution in [1.29, 1.82) is 0 Å². The maximum absolute atomic E-state index is 12.1. The Balaban J connectivity index is 2.51. The second-order valence-electron chi connectivity index (χ2n) is 4.39. The van der Waals surface area contributed by atoms with E-state index in [0.717, 1.165) is 11.3 Å². The molecule has 0 aromatic carbocycles. The van der Waals surface area contributed by atoms with Crippen molar-refractivity contribution < 1.29 is 19.1 Å². The van der Waals surface area contributed by atoms with E-state index in [1.807, 2.05) is 0 Å². The molecular formula is C13H14BrNO4S. The van der Waals surface area contributed by atoms with Crippen LogP contribution < -0.4 is 5.32 Å². The van der Waals surface area contributed by atoms with Crippen molar-refractivity contribution in [1.82, 2.24) is 0 Å². The predicted molar refractivity (Wildman–Crippen MR) is 79.9 cm³/mol. The third kappa shape index (κ3) is 2.78. The van der Waals surface area contributed by atoms with Gasteiger partial charge in [-0.3, -0.25) is 9.59 Å². The minimum atomic E-state index is -0.491. The lowest BCUT2D eigenvalue weighted by Gasteiger charge is -2.16. The minimum absolute atomic E-state index is 0.0431. The van der Waals surface area contributed by atoms with Crippen LogP contribution in [0.2, 0.25) is 0 Å². The molecule has 1 N–H and O–H groups in total. The maximum Gasteiger partial charge on any atom is 0.341 e.